The van der Waals surface area contributed by atoms with E-state index in [1.54, 1.807) is 61.8 Å². The second kappa shape index (κ2) is 8.57. The molecule has 0 unspecified atom stereocenters. The summed E-state index contributed by atoms with van der Waals surface area (Å²) in [7, 11) is 1.56. The van der Waals surface area contributed by atoms with Gasteiger partial charge in [0.25, 0.3) is 5.91 Å². The SMILES string of the molecule is COc1ccccc1OCCN1C(=O)[C@](O)(CC(=O)c2cccnc2)c2ccccc21. The first-order valence-corrected chi connectivity index (χ1v) is 9.87. The number of hydrogen-bond acceptors (Lipinski definition) is 6. The molecule has 0 fully saturated rings. The molecule has 1 aromatic heterocycles. The Bertz CT molecular complexity index is 1100. The van der Waals surface area contributed by atoms with Crippen LogP contribution < -0.4 is 14.4 Å². The van der Waals surface area contributed by atoms with Crippen molar-refractivity contribution in [2.45, 2.75) is 12.0 Å². The van der Waals surface area contributed by atoms with Crippen molar-refractivity contribution in [2.75, 3.05) is 25.2 Å². The standard InChI is InChI=1S/C24H22N2O5/c1-30-21-10-4-5-11-22(21)31-14-13-26-19-9-3-2-8-18(19)24(29,23(26)28)15-20(27)17-7-6-12-25-16-17/h2-12,16,29H,13-15H2,1H3/t24-/m0/s1. The summed E-state index contributed by atoms with van der Waals surface area (Å²) in [5.41, 5.74) is -0.611. The first-order valence-electron chi connectivity index (χ1n) is 9.87. The third-order valence-electron chi connectivity index (χ3n) is 5.28. The summed E-state index contributed by atoms with van der Waals surface area (Å²) in [5.74, 6) is 0.251. The van der Waals surface area contributed by atoms with Gasteiger partial charge in [0, 0.05) is 23.5 Å². The Kier molecular flexibility index (Phi) is 5.68. The first-order chi connectivity index (χ1) is 15.0. The number of pyridine rings is 1. The van der Waals surface area contributed by atoms with E-state index in [1.165, 1.54) is 11.1 Å². The van der Waals surface area contributed by atoms with Gasteiger partial charge in [-0.25, -0.2) is 0 Å². The maximum absolute atomic E-state index is 13.2. The highest BCUT2D eigenvalue weighted by Crippen LogP contribution is 2.42. The molecule has 2 heterocycles. The summed E-state index contributed by atoms with van der Waals surface area (Å²) in [4.78, 5) is 31.4. The topological polar surface area (TPSA) is 89.0 Å². The second-order valence-corrected chi connectivity index (χ2v) is 7.18. The van der Waals surface area contributed by atoms with Crippen LogP contribution in [0.25, 0.3) is 0 Å². The summed E-state index contributed by atoms with van der Waals surface area (Å²) < 4.78 is 11.1. The molecule has 7 nitrogen and oxygen atoms in total. The van der Waals surface area contributed by atoms with Crippen LogP contribution in [-0.4, -0.2) is 42.0 Å². The zero-order valence-corrected chi connectivity index (χ0v) is 17.0. The van der Waals surface area contributed by atoms with Crippen molar-refractivity contribution in [1.29, 1.82) is 0 Å². The van der Waals surface area contributed by atoms with Crippen LogP contribution in [0.2, 0.25) is 0 Å². The van der Waals surface area contributed by atoms with E-state index in [0.29, 0.717) is 28.3 Å². The summed E-state index contributed by atoms with van der Waals surface area (Å²) in [6.07, 6.45) is 2.62. The van der Waals surface area contributed by atoms with Gasteiger partial charge in [0.05, 0.1) is 25.8 Å². The van der Waals surface area contributed by atoms with Crippen molar-refractivity contribution in [2.24, 2.45) is 0 Å². The number of carbonyl (C=O) groups is 2. The number of anilines is 1. The number of methoxy groups -OCH3 is 1. The van der Waals surface area contributed by atoms with Gasteiger partial charge >= 0.3 is 0 Å². The summed E-state index contributed by atoms with van der Waals surface area (Å²) in [5, 5.41) is 11.3. The average molecular weight is 418 g/mol. The van der Waals surface area contributed by atoms with E-state index in [2.05, 4.69) is 4.98 Å². The molecule has 1 amide bonds. The van der Waals surface area contributed by atoms with Gasteiger partial charge in [-0.05, 0) is 30.3 Å². The normalized spacial score (nSPS) is 17.4. The van der Waals surface area contributed by atoms with Crippen LogP contribution in [0.4, 0.5) is 5.69 Å². The smallest absolute Gasteiger partial charge is 0.264 e. The number of nitrogens with zero attached hydrogens (tertiary/aromatic N) is 2. The van der Waals surface area contributed by atoms with E-state index in [-0.39, 0.29) is 25.4 Å². The molecule has 0 radical (unpaired) electrons. The van der Waals surface area contributed by atoms with Crippen molar-refractivity contribution in [1.82, 2.24) is 4.98 Å². The van der Waals surface area contributed by atoms with Gasteiger partial charge in [0.1, 0.15) is 6.61 Å². The molecular formula is C24H22N2O5. The predicted molar refractivity (Wildman–Crippen MR) is 114 cm³/mol. The van der Waals surface area contributed by atoms with E-state index in [1.807, 2.05) is 12.1 Å². The lowest BCUT2D eigenvalue weighted by Gasteiger charge is -2.23. The number of aromatic nitrogens is 1. The number of rotatable bonds is 8. The predicted octanol–water partition coefficient (Wildman–Crippen LogP) is 2.98. The fourth-order valence-electron chi connectivity index (χ4n) is 3.75. The van der Waals surface area contributed by atoms with E-state index < -0.39 is 11.5 Å². The average Bonchev–Trinajstić information content (AvgIpc) is 3.02. The molecule has 2 aromatic carbocycles. The number of carbonyl (C=O) groups excluding carboxylic acids is 2. The third-order valence-corrected chi connectivity index (χ3v) is 5.28. The van der Waals surface area contributed by atoms with Crippen molar-refractivity contribution in [3.63, 3.8) is 0 Å². The van der Waals surface area contributed by atoms with Crippen LogP contribution in [0.3, 0.4) is 0 Å². The fourth-order valence-corrected chi connectivity index (χ4v) is 3.75. The zero-order valence-electron chi connectivity index (χ0n) is 17.0. The van der Waals surface area contributed by atoms with Crippen LogP contribution >= 0.6 is 0 Å². The summed E-state index contributed by atoms with van der Waals surface area (Å²) >= 11 is 0. The van der Waals surface area contributed by atoms with E-state index >= 15 is 0 Å². The van der Waals surface area contributed by atoms with E-state index in [4.69, 9.17) is 9.47 Å². The first kappa shape index (κ1) is 20.6. The minimum Gasteiger partial charge on any atom is -0.493 e. The molecule has 3 aromatic rings. The minimum atomic E-state index is -1.94. The van der Waals surface area contributed by atoms with Gasteiger partial charge in [-0.3, -0.25) is 14.6 Å². The lowest BCUT2D eigenvalue weighted by Crippen LogP contribution is -2.43. The fraction of sp³-hybridized carbons (Fsp3) is 0.208. The Labute approximate surface area is 179 Å². The Morgan fingerprint density at radius 2 is 1.81 bits per heavy atom. The third kappa shape index (κ3) is 3.87. The number of aliphatic hydroxyl groups is 1. The summed E-state index contributed by atoms with van der Waals surface area (Å²) in [6, 6.07) is 17.4. The molecule has 0 bridgehead atoms. The van der Waals surface area contributed by atoms with Crippen LogP contribution in [0, 0.1) is 0 Å². The Morgan fingerprint density at radius 3 is 2.55 bits per heavy atom. The molecular weight excluding hydrogens is 396 g/mol. The lowest BCUT2D eigenvalue weighted by atomic mass is 9.88. The Hall–Kier alpha value is -3.71. The molecule has 1 atom stereocenters. The highest BCUT2D eigenvalue weighted by atomic mass is 16.5. The number of ketones is 1. The van der Waals surface area contributed by atoms with Gasteiger partial charge in [0.2, 0.25) is 0 Å². The number of para-hydroxylation sites is 3. The Morgan fingerprint density at radius 1 is 1.06 bits per heavy atom. The molecule has 0 saturated heterocycles. The van der Waals surface area contributed by atoms with Gasteiger partial charge in [-0.2, -0.15) is 0 Å². The van der Waals surface area contributed by atoms with Crippen LogP contribution in [-0.2, 0) is 10.4 Å². The number of amides is 1. The van der Waals surface area contributed by atoms with Crippen molar-refractivity contribution in [3.05, 3.63) is 84.2 Å². The van der Waals surface area contributed by atoms with Crippen LogP contribution in [0.5, 0.6) is 11.5 Å². The number of ether oxygens (including phenoxy) is 2. The molecule has 4 rings (SSSR count). The molecule has 158 valence electrons. The van der Waals surface area contributed by atoms with Crippen molar-refractivity contribution in [3.8, 4) is 11.5 Å². The molecule has 0 saturated carbocycles. The van der Waals surface area contributed by atoms with Crippen molar-refractivity contribution >= 4 is 17.4 Å². The lowest BCUT2D eigenvalue weighted by molar-refractivity contribution is -0.135. The van der Waals surface area contributed by atoms with Gasteiger partial charge < -0.3 is 19.5 Å². The van der Waals surface area contributed by atoms with Gasteiger partial charge in [-0.15, -0.1) is 0 Å². The number of Topliss-reactive ketones (excluding diaryl/α,β-unsaturated/α-hetero) is 1. The molecule has 7 heteroatoms. The molecule has 1 aliphatic rings. The maximum atomic E-state index is 13.2. The molecule has 1 aliphatic heterocycles. The maximum Gasteiger partial charge on any atom is 0.264 e. The zero-order chi connectivity index (χ0) is 21.8. The van der Waals surface area contributed by atoms with Gasteiger partial charge in [-0.1, -0.05) is 30.3 Å². The second-order valence-electron chi connectivity index (χ2n) is 7.18. The quantitative estimate of drug-likeness (QED) is 0.566. The summed E-state index contributed by atoms with van der Waals surface area (Å²) in [6.45, 7) is 0.393. The number of hydrogen-bond donors (Lipinski definition) is 1. The highest BCUT2D eigenvalue weighted by Gasteiger charge is 2.50. The van der Waals surface area contributed by atoms with E-state index in [9.17, 15) is 14.7 Å². The highest BCUT2D eigenvalue weighted by molar-refractivity contribution is 6.10. The largest absolute Gasteiger partial charge is 0.493 e. The molecule has 0 spiro atoms. The Balaban J connectivity index is 1.54. The number of fused-ring (bicyclic) bond motifs is 1. The molecule has 0 aliphatic carbocycles. The van der Waals surface area contributed by atoms with Crippen LogP contribution in [0.1, 0.15) is 22.3 Å². The minimum absolute atomic E-state index is 0.188. The van der Waals surface area contributed by atoms with E-state index in [0.717, 1.165) is 0 Å². The van der Waals surface area contributed by atoms with Gasteiger partial charge in [0.15, 0.2) is 22.9 Å². The van der Waals surface area contributed by atoms with Crippen LogP contribution in [0.15, 0.2) is 73.1 Å². The van der Waals surface area contributed by atoms with Crippen molar-refractivity contribution < 1.29 is 24.2 Å². The molecule has 1 N–H and O–H groups in total. The number of benzene rings is 2. The molecule has 31 heavy (non-hydrogen) atoms. The monoisotopic (exact) mass is 418 g/mol.